The highest BCUT2D eigenvalue weighted by molar-refractivity contribution is 5.40. The highest BCUT2D eigenvalue weighted by Gasteiger charge is 2.23. The fraction of sp³-hybridized carbons (Fsp3) is 0.500. The number of rotatable bonds is 7. The van der Waals surface area contributed by atoms with E-state index in [1.54, 1.807) is 0 Å². The zero-order valence-electron chi connectivity index (χ0n) is 10.9. The van der Waals surface area contributed by atoms with Gasteiger partial charge in [0, 0.05) is 12.2 Å². The summed E-state index contributed by atoms with van der Waals surface area (Å²) in [5.74, 6) is 3.67. The van der Waals surface area contributed by atoms with Crippen LogP contribution in [0.15, 0.2) is 24.3 Å². The molecule has 0 bridgehead atoms. The molecule has 0 saturated heterocycles. The van der Waals surface area contributed by atoms with Gasteiger partial charge in [0.2, 0.25) is 0 Å². The van der Waals surface area contributed by atoms with E-state index in [-0.39, 0.29) is 0 Å². The predicted molar refractivity (Wildman–Crippen MR) is 77.2 cm³/mol. The summed E-state index contributed by atoms with van der Waals surface area (Å²) in [6.07, 6.45) is 10.4. The molecule has 18 heavy (non-hydrogen) atoms. The van der Waals surface area contributed by atoms with Crippen molar-refractivity contribution in [2.75, 3.05) is 25.4 Å². The molecule has 1 saturated carbocycles. The number of anilines is 1. The molecule has 1 aliphatic rings. The number of benzene rings is 1. The van der Waals surface area contributed by atoms with Crippen LogP contribution in [-0.4, -0.2) is 24.5 Å². The third kappa shape index (κ3) is 4.43. The van der Waals surface area contributed by atoms with Crippen molar-refractivity contribution in [3.05, 3.63) is 29.8 Å². The Morgan fingerprint density at radius 3 is 2.89 bits per heavy atom. The van der Waals surface area contributed by atoms with Crippen LogP contribution in [0, 0.1) is 18.3 Å². The van der Waals surface area contributed by atoms with Gasteiger partial charge in [-0.1, -0.05) is 18.1 Å². The zero-order chi connectivity index (χ0) is 12.8. The van der Waals surface area contributed by atoms with Crippen molar-refractivity contribution in [1.82, 2.24) is 4.90 Å². The smallest absolute Gasteiger partial charge is 0.0599 e. The van der Waals surface area contributed by atoms with Crippen LogP contribution in [0.25, 0.3) is 0 Å². The van der Waals surface area contributed by atoms with E-state index >= 15 is 0 Å². The molecule has 0 spiro atoms. The average Bonchev–Trinajstić information content (AvgIpc) is 3.13. The highest BCUT2D eigenvalue weighted by atomic mass is 15.1. The minimum atomic E-state index is 0.785. The van der Waals surface area contributed by atoms with Crippen molar-refractivity contribution in [3.63, 3.8) is 0 Å². The van der Waals surface area contributed by atoms with Crippen molar-refractivity contribution in [2.45, 2.75) is 25.7 Å². The number of hydrogen-bond donors (Lipinski definition) is 1. The van der Waals surface area contributed by atoms with E-state index in [0.717, 1.165) is 37.5 Å². The monoisotopic (exact) mass is 242 g/mol. The van der Waals surface area contributed by atoms with Crippen LogP contribution in [0.3, 0.4) is 0 Å². The van der Waals surface area contributed by atoms with Gasteiger partial charge in [-0.05, 0) is 55.8 Å². The minimum Gasteiger partial charge on any atom is -0.399 e. The lowest BCUT2D eigenvalue weighted by Crippen LogP contribution is -2.27. The highest BCUT2D eigenvalue weighted by Crippen LogP contribution is 2.29. The summed E-state index contributed by atoms with van der Waals surface area (Å²) in [4.78, 5) is 2.41. The van der Waals surface area contributed by atoms with Crippen LogP contribution in [0.1, 0.15) is 24.8 Å². The number of nitrogens with two attached hydrogens (primary N) is 1. The Labute approximate surface area is 110 Å². The molecule has 2 rings (SSSR count). The van der Waals surface area contributed by atoms with Crippen LogP contribution in [0.2, 0.25) is 0 Å². The molecule has 0 radical (unpaired) electrons. The van der Waals surface area contributed by atoms with Crippen molar-refractivity contribution < 1.29 is 0 Å². The van der Waals surface area contributed by atoms with Crippen molar-refractivity contribution in [3.8, 4) is 12.3 Å². The van der Waals surface area contributed by atoms with Crippen LogP contribution in [-0.2, 0) is 6.42 Å². The third-order valence-corrected chi connectivity index (χ3v) is 3.42. The van der Waals surface area contributed by atoms with Gasteiger partial charge in [0.15, 0.2) is 0 Å². The molecule has 1 aliphatic carbocycles. The zero-order valence-corrected chi connectivity index (χ0v) is 10.9. The van der Waals surface area contributed by atoms with Gasteiger partial charge in [-0.2, -0.15) is 0 Å². The number of terminal acetylenes is 1. The second-order valence-corrected chi connectivity index (χ2v) is 5.23. The molecule has 2 nitrogen and oxygen atoms in total. The van der Waals surface area contributed by atoms with E-state index in [1.807, 2.05) is 12.1 Å². The third-order valence-electron chi connectivity index (χ3n) is 3.42. The first-order chi connectivity index (χ1) is 8.78. The van der Waals surface area contributed by atoms with Crippen LogP contribution in [0.5, 0.6) is 0 Å². The van der Waals surface area contributed by atoms with Gasteiger partial charge in [0.25, 0.3) is 0 Å². The summed E-state index contributed by atoms with van der Waals surface area (Å²) >= 11 is 0. The Kier molecular flexibility index (Phi) is 4.66. The summed E-state index contributed by atoms with van der Waals surface area (Å²) in [6, 6.07) is 8.16. The van der Waals surface area contributed by atoms with Gasteiger partial charge in [0.1, 0.15) is 0 Å². The Balaban J connectivity index is 1.73. The summed E-state index contributed by atoms with van der Waals surface area (Å²) in [6.45, 7) is 3.06. The maximum atomic E-state index is 5.78. The van der Waals surface area contributed by atoms with Gasteiger partial charge >= 0.3 is 0 Å². The van der Waals surface area contributed by atoms with E-state index in [1.165, 1.54) is 24.9 Å². The van der Waals surface area contributed by atoms with Gasteiger partial charge in [-0.15, -0.1) is 6.42 Å². The molecule has 0 heterocycles. The molecule has 0 aromatic heterocycles. The van der Waals surface area contributed by atoms with Crippen LogP contribution >= 0.6 is 0 Å². The lowest BCUT2D eigenvalue weighted by molar-refractivity contribution is 0.291. The standard InChI is InChI=1S/C16H22N2/c1-2-10-18(13-15-8-9-15)11-4-6-14-5-3-7-16(17)12-14/h1,3,5,7,12,15H,4,6,8-11,13,17H2. The second-order valence-electron chi connectivity index (χ2n) is 5.23. The maximum absolute atomic E-state index is 5.78. The molecule has 2 heteroatoms. The molecule has 0 unspecified atom stereocenters. The summed E-state index contributed by atoms with van der Waals surface area (Å²) < 4.78 is 0. The SMILES string of the molecule is C#CCN(CCCc1cccc(N)c1)CC1CC1. The maximum Gasteiger partial charge on any atom is 0.0599 e. The van der Waals surface area contributed by atoms with Gasteiger partial charge in [-0.3, -0.25) is 4.90 Å². The molecule has 1 aromatic rings. The molecule has 2 N–H and O–H groups in total. The van der Waals surface area contributed by atoms with E-state index in [2.05, 4.69) is 23.0 Å². The fourth-order valence-electron chi connectivity index (χ4n) is 2.28. The number of nitrogens with zero attached hydrogens (tertiary/aromatic N) is 1. The van der Waals surface area contributed by atoms with E-state index < -0.39 is 0 Å². The van der Waals surface area contributed by atoms with Crippen molar-refractivity contribution in [1.29, 1.82) is 0 Å². The van der Waals surface area contributed by atoms with Crippen LogP contribution < -0.4 is 5.73 Å². The Morgan fingerprint density at radius 2 is 2.22 bits per heavy atom. The number of nitrogen functional groups attached to an aromatic ring is 1. The quantitative estimate of drug-likeness (QED) is 0.588. The van der Waals surface area contributed by atoms with Crippen molar-refractivity contribution in [2.24, 2.45) is 5.92 Å². The molecule has 0 aliphatic heterocycles. The van der Waals surface area contributed by atoms with E-state index in [4.69, 9.17) is 12.2 Å². The van der Waals surface area contributed by atoms with Crippen LogP contribution in [0.4, 0.5) is 5.69 Å². The molecule has 1 aromatic carbocycles. The first-order valence-corrected chi connectivity index (χ1v) is 6.78. The Hall–Kier alpha value is -1.46. The Morgan fingerprint density at radius 1 is 1.39 bits per heavy atom. The minimum absolute atomic E-state index is 0.785. The Bertz CT molecular complexity index is 415. The topological polar surface area (TPSA) is 29.3 Å². The van der Waals surface area contributed by atoms with E-state index in [9.17, 15) is 0 Å². The second kappa shape index (κ2) is 6.47. The number of hydrogen-bond acceptors (Lipinski definition) is 2. The molecule has 0 amide bonds. The predicted octanol–water partition coefficient (Wildman–Crippen LogP) is 2.55. The average molecular weight is 242 g/mol. The first-order valence-electron chi connectivity index (χ1n) is 6.78. The summed E-state index contributed by atoms with van der Waals surface area (Å²) in [5, 5.41) is 0. The number of aryl methyl sites for hydroxylation is 1. The molecular weight excluding hydrogens is 220 g/mol. The largest absolute Gasteiger partial charge is 0.399 e. The molecular formula is C16H22N2. The van der Waals surface area contributed by atoms with E-state index in [0.29, 0.717) is 0 Å². The first kappa shape index (κ1) is 13.0. The molecule has 0 atom stereocenters. The lowest BCUT2D eigenvalue weighted by Gasteiger charge is -2.19. The van der Waals surface area contributed by atoms with Gasteiger partial charge < -0.3 is 5.73 Å². The molecule has 1 fully saturated rings. The van der Waals surface area contributed by atoms with Gasteiger partial charge in [-0.25, -0.2) is 0 Å². The van der Waals surface area contributed by atoms with Crippen molar-refractivity contribution >= 4 is 5.69 Å². The summed E-state index contributed by atoms with van der Waals surface area (Å²) in [7, 11) is 0. The molecule has 96 valence electrons. The fourth-order valence-corrected chi connectivity index (χ4v) is 2.28. The lowest BCUT2D eigenvalue weighted by atomic mass is 10.1. The normalized spacial score (nSPS) is 14.7. The van der Waals surface area contributed by atoms with Gasteiger partial charge in [0.05, 0.1) is 6.54 Å². The summed E-state index contributed by atoms with van der Waals surface area (Å²) in [5.41, 5.74) is 7.95.